The lowest BCUT2D eigenvalue weighted by Gasteiger charge is -2.39. The molecule has 0 radical (unpaired) electrons. The van der Waals surface area contributed by atoms with Crippen molar-refractivity contribution in [3.8, 4) is 40.5 Å². The van der Waals surface area contributed by atoms with E-state index in [1.807, 2.05) is 0 Å². The Kier molecular flexibility index (Phi) is 8.54. The summed E-state index contributed by atoms with van der Waals surface area (Å²) >= 11 is 0. The molecule has 14 aromatic rings. The standard InChI is InChI=1S/C63H40N6OSi/c1-2-20-41(21-3-1)71(59-36-18-16-34-57(59)70-58-35-17-19-37-60(58)71)42-38-39-48-47-26-4-10-28-50(47)67(56(48)40-42)55-33-15-9-27-49(55)61-64-62(68-51-29-11-5-22-43(51)44-23-6-12-30-52(44)68)66-63(65-61)69-53-31-13-7-24-45(53)46-25-8-14-32-54(46)69/h1-40H. The molecule has 71 heavy (non-hydrogen) atoms. The van der Waals surface area contributed by atoms with Gasteiger partial charge < -0.3 is 9.30 Å². The van der Waals surface area contributed by atoms with Crippen molar-refractivity contribution in [2.75, 3.05) is 0 Å². The zero-order chi connectivity index (χ0) is 46.6. The average Bonchev–Trinajstić information content (AvgIpc) is 4.08. The minimum Gasteiger partial charge on any atom is -0.458 e. The average molecular weight is 925 g/mol. The molecular formula is C63H40N6OSi. The Balaban J connectivity index is 1.03. The van der Waals surface area contributed by atoms with Crippen LogP contribution in [0.2, 0.25) is 0 Å². The summed E-state index contributed by atoms with van der Waals surface area (Å²) in [6.07, 6.45) is 0. The summed E-state index contributed by atoms with van der Waals surface area (Å²) < 4.78 is 13.6. The fourth-order valence-corrected chi connectivity index (χ4v) is 16.7. The van der Waals surface area contributed by atoms with E-state index in [2.05, 4.69) is 256 Å². The SMILES string of the molecule is c1ccc([Si]2(c3ccc4c5ccccc5n(-c5ccccc5-c5nc(-n6c7ccccc7c7ccccc76)nc(-n6c7ccccc7c7ccccc76)n5)c4c3)c3ccccc3Oc3ccccc32)cc1. The second kappa shape index (κ2) is 15.3. The molecule has 7 nitrogen and oxygen atoms in total. The van der Waals surface area contributed by atoms with Crippen LogP contribution in [0.15, 0.2) is 243 Å². The molecule has 0 saturated carbocycles. The van der Waals surface area contributed by atoms with Gasteiger partial charge in [0.2, 0.25) is 11.9 Å². The summed E-state index contributed by atoms with van der Waals surface area (Å²) in [4.78, 5) is 16.6. The lowest BCUT2D eigenvalue weighted by molar-refractivity contribution is 0.487. The minimum atomic E-state index is -2.99. The first-order chi connectivity index (χ1) is 35.2. The minimum absolute atomic E-state index is 0.538. The normalized spacial score (nSPS) is 13.0. The van der Waals surface area contributed by atoms with Crippen molar-refractivity contribution in [1.82, 2.24) is 28.7 Å². The van der Waals surface area contributed by atoms with Crippen molar-refractivity contribution in [3.63, 3.8) is 0 Å². The number of para-hydroxylation sites is 8. The van der Waals surface area contributed by atoms with E-state index >= 15 is 0 Å². The van der Waals surface area contributed by atoms with E-state index in [9.17, 15) is 0 Å². The van der Waals surface area contributed by atoms with Gasteiger partial charge >= 0.3 is 0 Å². The van der Waals surface area contributed by atoms with Crippen LogP contribution >= 0.6 is 0 Å². The molecule has 0 atom stereocenters. The predicted molar refractivity (Wildman–Crippen MR) is 292 cm³/mol. The van der Waals surface area contributed by atoms with E-state index in [1.165, 1.54) is 26.1 Å². The molecule has 15 rings (SSSR count). The largest absolute Gasteiger partial charge is 0.458 e. The van der Waals surface area contributed by atoms with Crippen LogP contribution in [-0.2, 0) is 0 Å². The highest BCUT2D eigenvalue weighted by Gasteiger charge is 2.48. The van der Waals surface area contributed by atoms with Gasteiger partial charge in [0.25, 0.3) is 0 Å². The summed E-state index contributed by atoms with van der Waals surface area (Å²) in [5.74, 6) is 3.45. The van der Waals surface area contributed by atoms with Crippen LogP contribution in [0.3, 0.4) is 0 Å². The number of fused-ring (bicyclic) bond motifs is 11. The van der Waals surface area contributed by atoms with E-state index in [4.69, 9.17) is 19.7 Å². The monoisotopic (exact) mass is 924 g/mol. The van der Waals surface area contributed by atoms with E-state index in [0.717, 1.165) is 82.8 Å². The molecule has 0 saturated heterocycles. The number of rotatable bonds is 6. The molecule has 0 unspecified atom stereocenters. The van der Waals surface area contributed by atoms with E-state index < -0.39 is 8.07 Å². The van der Waals surface area contributed by atoms with E-state index in [1.54, 1.807) is 0 Å². The summed E-state index contributed by atoms with van der Waals surface area (Å²) in [6.45, 7) is 0. The van der Waals surface area contributed by atoms with Crippen LogP contribution in [0.5, 0.6) is 11.5 Å². The highest BCUT2D eigenvalue weighted by Crippen LogP contribution is 2.39. The van der Waals surface area contributed by atoms with Crippen molar-refractivity contribution < 1.29 is 4.74 Å². The summed E-state index contributed by atoms with van der Waals surface area (Å²) in [5, 5.41) is 11.9. The third-order valence-electron chi connectivity index (χ3n) is 14.7. The van der Waals surface area contributed by atoms with Crippen molar-refractivity contribution in [1.29, 1.82) is 0 Å². The number of benzene rings is 10. The first kappa shape index (κ1) is 39.6. The van der Waals surface area contributed by atoms with Crippen LogP contribution in [0.25, 0.3) is 94.4 Å². The maximum atomic E-state index is 6.74. The Bertz CT molecular complexity index is 4190. The Morgan fingerprint density at radius 1 is 0.310 bits per heavy atom. The quantitative estimate of drug-likeness (QED) is 0.156. The highest BCUT2D eigenvalue weighted by molar-refractivity contribution is 7.20. The van der Waals surface area contributed by atoms with Crippen LogP contribution < -0.4 is 25.5 Å². The van der Waals surface area contributed by atoms with Crippen LogP contribution in [0.1, 0.15) is 0 Å². The van der Waals surface area contributed by atoms with E-state index in [0.29, 0.717) is 17.7 Å². The molecule has 0 fully saturated rings. The van der Waals surface area contributed by atoms with Gasteiger partial charge in [-0.25, -0.2) is 0 Å². The Hall–Kier alpha value is -9.37. The van der Waals surface area contributed by atoms with Crippen LogP contribution in [0, 0.1) is 0 Å². The zero-order valence-electron chi connectivity index (χ0n) is 38.2. The zero-order valence-corrected chi connectivity index (χ0v) is 39.2. The third kappa shape index (κ3) is 5.67. The lowest BCUT2D eigenvalue weighted by atomic mass is 10.1. The fraction of sp³-hybridized carbons (Fsp3) is 0. The Labute approximate surface area is 408 Å². The molecule has 4 aromatic heterocycles. The van der Waals surface area contributed by atoms with Gasteiger partial charge in [-0.05, 0) is 81.4 Å². The number of ether oxygens (including phenoxy) is 1. The topological polar surface area (TPSA) is 62.7 Å². The van der Waals surface area contributed by atoms with Gasteiger partial charge in [0, 0.05) is 37.9 Å². The molecule has 0 aliphatic carbocycles. The lowest BCUT2D eigenvalue weighted by Crippen LogP contribution is -2.76. The Morgan fingerprint density at radius 2 is 0.718 bits per heavy atom. The number of nitrogens with zero attached hydrogens (tertiary/aromatic N) is 6. The molecule has 8 heteroatoms. The van der Waals surface area contributed by atoms with Crippen molar-refractivity contribution in [2.45, 2.75) is 0 Å². The van der Waals surface area contributed by atoms with Gasteiger partial charge in [-0.2, -0.15) is 15.0 Å². The van der Waals surface area contributed by atoms with Gasteiger partial charge in [0.1, 0.15) is 11.5 Å². The van der Waals surface area contributed by atoms with Gasteiger partial charge in [-0.3, -0.25) is 9.13 Å². The molecule has 0 spiro atoms. The smallest absolute Gasteiger partial charge is 0.240 e. The van der Waals surface area contributed by atoms with Gasteiger partial charge in [0.15, 0.2) is 13.9 Å². The maximum Gasteiger partial charge on any atom is 0.240 e. The molecule has 10 aromatic carbocycles. The number of hydrogen-bond donors (Lipinski definition) is 0. The molecular weight excluding hydrogens is 885 g/mol. The predicted octanol–water partition coefficient (Wildman–Crippen LogP) is 12.3. The molecule has 1 aliphatic rings. The van der Waals surface area contributed by atoms with Crippen LogP contribution in [0.4, 0.5) is 0 Å². The van der Waals surface area contributed by atoms with Gasteiger partial charge in [-0.15, -0.1) is 0 Å². The summed E-state index contributed by atoms with van der Waals surface area (Å²) in [5.41, 5.74) is 8.12. The van der Waals surface area contributed by atoms with Crippen molar-refractivity contribution in [2.24, 2.45) is 0 Å². The molecule has 0 amide bonds. The van der Waals surface area contributed by atoms with Gasteiger partial charge in [-0.1, -0.05) is 182 Å². The Morgan fingerprint density at radius 3 is 1.24 bits per heavy atom. The second-order valence-corrected chi connectivity index (χ2v) is 22.0. The summed E-state index contributed by atoms with van der Waals surface area (Å²) in [7, 11) is -2.99. The molecule has 5 heterocycles. The van der Waals surface area contributed by atoms with Gasteiger partial charge in [0.05, 0.1) is 38.8 Å². The third-order valence-corrected chi connectivity index (χ3v) is 19.5. The molecule has 0 bridgehead atoms. The number of aromatic nitrogens is 6. The number of hydrogen-bond acceptors (Lipinski definition) is 4. The fourth-order valence-electron chi connectivity index (χ4n) is 11.7. The second-order valence-electron chi connectivity index (χ2n) is 18.3. The molecule has 1 aliphatic heterocycles. The summed E-state index contributed by atoms with van der Waals surface area (Å²) in [6, 6.07) is 86.9. The first-order valence-electron chi connectivity index (χ1n) is 24.0. The van der Waals surface area contributed by atoms with Crippen molar-refractivity contribution in [3.05, 3.63) is 243 Å². The van der Waals surface area contributed by atoms with Crippen LogP contribution in [-0.4, -0.2) is 36.7 Å². The highest BCUT2D eigenvalue weighted by atomic mass is 28.3. The molecule has 0 N–H and O–H groups in total. The first-order valence-corrected chi connectivity index (χ1v) is 26.0. The maximum absolute atomic E-state index is 6.74. The van der Waals surface area contributed by atoms with E-state index in [-0.39, 0.29) is 0 Å². The molecule has 332 valence electrons. The van der Waals surface area contributed by atoms with Crippen molar-refractivity contribution >= 4 is 94.2 Å².